The maximum atomic E-state index is 13.6. The van der Waals surface area contributed by atoms with E-state index < -0.39 is 35.1 Å². The number of hydrogen-bond donors (Lipinski definition) is 4. The summed E-state index contributed by atoms with van der Waals surface area (Å²) in [5.41, 5.74) is -0.127. The summed E-state index contributed by atoms with van der Waals surface area (Å²) in [6.45, 7) is 3.90. The normalized spacial score (nSPS) is 20.4. The minimum absolute atomic E-state index is 0. The molecule has 3 aromatic rings. The second kappa shape index (κ2) is 17.1. The molecule has 0 radical (unpaired) electrons. The minimum Gasteiger partial charge on any atom is -0.351 e. The Bertz CT molecular complexity index is 1790. The van der Waals surface area contributed by atoms with Crippen LogP contribution in [-0.4, -0.2) is 62.6 Å². The zero-order valence-electron chi connectivity index (χ0n) is 28.8. The Hall–Kier alpha value is -4.94. The summed E-state index contributed by atoms with van der Waals surface area (Å²) in [6, 6.07) is 6.57. The van der Waals surface area contributed by atoms with E-state index in [-0.39, 0.29) is 55.0 Å². The molecule has 274 valence electrons. The predicted octanol–water partition coefficient (Wildman–Crippen LogP) is 4.50. The van der Waals surface area contributed by atoms with Crippen molar-refractivity contribution in [1.29, 1.82) is 0 Å². The lowest BCUT2D eigenvalue weighted by Gasteiger charge is -2.45. The van der Waals surface area contributed by atoms with Gasteiger partial charge in [0, 0.05) is 48.7 Å². The van der Waals surface area contributed by atoms with Gasteiger partial charge < -0.3 is 25.8 Å². The first-order valence-corrected chi connectivity index (χ1v) is 17.8. The molecule has 3 heterocycles. The van der Waals surface area contributed by atoms with Gasteiger partial charge in [-0.15, -0.1) is 0 Å². The first-order chi connectivity index (χ1) is 24.2. The molecule has 2 aliphatic carbocycles. The SMILES string of the molecule is CCCCC1CC2CCCC(C2)C1NC(=O)Cn1cccc(NC(=O)[C@H](CCC(=O)C(=O)NCC)NC(=O)c2ccc3cnccc3n2)c1=O.[HH].[HH].[HH].[HH]. The molecule has 0 saturated heterocycles. The number of carbonyl (C=O) groups excluding carboxylic acids is 5. The third-order valence-corrected chi connectivity index (χ3v) is 9.92. The number of pyridine rings is 3. The van der Waals surface area contributed by atoms with Gasteiger partial charge >= 0.3 is 0 Å². The van der Waals surface area contributed by atoms with Crippen molar-refractivity contribution in [1.82, 2.24) is 30.5 Å². The number of ketones is 1. The quantitative estimate of drug-likeness (QED) is 0.168. The van der Waals surface area contributed by atoms with E-state index in [1.54, 1.807) is 37.5 Å². The monoisotopic (exact) mass is 693 g/mol. The summed E-state index contributed by atoms with van der Waals surface area (Å²) >= 11 is 0. The number of amides is 4. The van der Waals surface area contributed by atoms with E-state index in [9.17, 15) is 28.8 Å². The Labute approximate surface area is 297 Å². The zero-order valence-corrected chi connectivity index (χ0v) is 28.8. The molecule has 2 fully saturated rings. The Morgan fingerprint density at radius 1 is 1.06 bits per heavy atom. The van der Waals surface area contributed by atoms with Crippen molar-refractivity contribution < 1.29 is 29.7 Å². The fourth-order valence-electron chi connectivity index (χ4n) is 7.44. The average Bonchev–Trinajstić information content (AvgIpc) is 3.11. The molecular formula is C37H55N7O6. The van der Waals surface area contributed by atoms with Crippen LogP contribution in [0.5, 0.6) is 0 Å². The number of Topliss-reactive ketones (excluding diaryl/α,β-unsaturated/α-hetero) is 1. The molecule has 50 heavy (non-hydrogen) atoms. The van der Waals surface area contributed by atoms with Crippen LogP contribution in [0.2, 0.25) is 0 Å². The van der Waals surface area contributed by atoms with Gasteiger partial charge in [-0.05, 0) is 87.1 Å². The van der Waals surface area contributed by atoms with Crippen LogP contribution in [-0.2, 0) is 25.7 Å². The maximum absolute atomic E-state index is 13.6. The largest absolute Gasteiger partial charge is 0.351 e. The zero-order chi connectivity index (χ0) is 35.6. The fourth-order valence-corrected chi connectivity index (χ4v) is 7.44. The summed E-state index contributed by atoms with van der Waals surface area (Å²) in [6.07, 6.45) is 13.2. The van der Waals surface area contributed by atoms with Gasteiger partial charge in [0.2, 0.25) is 17.6 Å². The van der Waals surface area contributed by atoms with E-state index in [4.69, 9.17) is 0 Å². The number of nitrogens with zero attached hydrogens (tertiary/aromatic N) is 3. The van der Waals surface area contributed by atoms with Crippen LogP contribution in [0, 0.1) is 17.8 Å². The number of likely N-dealkylation sites (N-methyl/N-ethyl adjacent to an activating group) is 1. The number of fused-ring (bicyclic) bond motifs is 3. The van der Waals surface area contributed by atoms with Crippen molar-refractivity contribution in [2.24, 2.45) is 17.8 Å². The predicted molar refractivity (Wildman–Crippen MR) is 197 cm³/mol. The van der Waals surface area contributed by atoms with Gasteiger partial charge in [-0.25, -0.2) is 4.98 Å². The highest BCUT2D eigenvalue weighted by Gasteiger charge is 2.40. The summed E-state index contributed by atoms with van der Waals surface area (Å²) in [4.78, 5) is 86.5. The highest BCUT2D eigenvalue weighted by molar-refractivity contribution is 6.36. The molecule has 2 bridgehead atoms. The molecule has 13 nitrogen and oxygen atoms in total. The summed E-state index contributed by atoms with van der Waals surface area (Å²) in [7, 11) is 0. The molecule has 2 saturated carbocycles. The van der Waals surface area contributed by atoms with Gasteiger partial charge in [0.1, 0.15) is 24.0 Å². The van der Waals surface area contributed by atoms with Crippen LogP contribution in [0.25, 0.3) is 10.9 Å². The van der Waals surface area contributed by atoms with Crippen molar-refractivity contribution in [2.45, 2.75) is 96.7 Å². The molecule has 4 amide bonds. The van der Waals surface area contributed by atoms with Gasteiger partial charge in [-0.3, -0.25) is 33.8 Å². The second-order valence-electron chi connectivity index (χ2n) is 13.5. The number of unbranched alkanes of at least 4 members (excludes halogenated alkanes) is 1. The minimum atomic E-state index is -1.29. The van der Waals surface area contributed by atoms with E-state index in [0.29, 0.717) is 17.4 Å². The van der Waals surface area contributed by atoms with Gasteiger partial charge in [-0.1, -0.05) is 32.6 Å². The fraction of sp³-hybridized carbons (Fsp3) is 0.514. The van der Waals surface area contributed by atoms with Crippen LogP contribution in [0.15, 0.2) is 53.7 Å². The highest BCUT2D eigenvalue weighted by Crippen LogP contribution is 2.44. The Morgan fingerprint density at radius 2 is 1.90 bits per heavy atom. The summed E-state index contributed by atoms with van der Waals surface area (Å²) < 4.78 is 1.25. The second-order valence-corrected chi connectivity index (χ2v) is 13.5. The standard InChI is InChI=1S/C37H47N7O6.4H2/c1-3-5-9-24-19-23-8-6-10-25(20-23)33(24)43-32(46)22-44-18-7-11-30(37(44)50)42-35(48)29(14-15-31(45)36(49)39-4-2)41-34(47)28-13-12-26-21-38-17-16-27(26)40-28;;;;/h7,11-13,16-18,21,23-25,29,33H,3-6,8-10,14-15,19-20,22H2,1-2H3,(H,39,49)(H,41,47)(H,42,48)(H,43,46);4*1H/t23?,24?,25?,29-,33?;;;;/m0..../s1. The molecule has 4 N–H and O–H groups in total. The topological polar surface area (TPSA) is 181 Å². The molecule has 0 spiro atoms. The van der Waals surface area contributed by atoms with Crippen molar-refractivity contribution >= 4 is 46.0 Å². The van der Waals surface area contributed by atoms with Crippen molar-refractivity contribution in [2.75, 3.05) is 11.9 Å². The summed E-state index contributed by atoms with van der Waals surface area (Å²) in [5.74, 6) is -1.63. The lowest BCUT2D eigenvalue weighted by Crippen LogP contribution is -2.51. The number of anilines is 1. The van der Waals surface area contributed by atoms with Crippen molar-refractivity contribution in [3.05, 3.63) is 65.0 Å². The highest BCUT2D eigenvalue weighted by atomic mass is 16.2. The van der Waals surface area contributed by atoms with Crippen LogP contribution in [0.4, 0.5) is 5.69 Å². The first kappa shape index (κ1) is 36.3. The Morgan fingerprint density at radius 3 is 2.70 bits per heavy atom. The molecule has 4 unspecified atom stereocenters. The molecule has 2 aliphatic rings. The van der Waals surface area contributed by atoms with Gasteiger partial charge in [0.05, 0.1) is 5.52 Å². The lowest BCUT2D eigenvalue weighted by atomic mass is 9.64. The van der Waals surface area contributed by atoms with Crippen molar-refractivity contribution in [3.8, 4) is 0 Å². The molecule has 3 aromatic heterocycles. The molecule has 5 rings (SSSR count). The van der Waals surface area contributed by atoms with Crippen LogP contribution in [0.1, 0.15) is 94.3 Å². The summed E-state index contributed by atoms with van der Waals surface area (Å²) in [5, 5.41) is 11.6. The number of aromatic nitrogens is 3. The smallest absolute Gasteiger partial charge is 0.287 e. The van der Waals surface area contributed by atoms with E-state index in [0.717, 1.165) is 49.8 Å². The molecule has 0 aromatic carbocycles. The van der Waals surface area contributed by atoms with Gasteiger partial charge in [0.25, 0.3) is 17.4 Å². The third kappa shape index (κ3) is 9.19. The average molecular weight is 694 g/mol. The van der Waals surface area contributed by atoms with E-state index in [1.807, 2.05) is 0 Å². The maximum Gasteiger partial charge on any atom is 0.287 e. The third-order valence-electron chi connectivity index (χ3n) is 9.92. The van der Waals surface area contributed by atoms with E-state index >= 15 is 0 Å². The molecular weight excluding hydrogens is 638 g/mol. The lowest BCUT2D eigenvalue weighted by molar-refractivity contribution is -0.138. The molecule has 13 heteroatoms. The number of nitrogens with one attached hydrogen (secondary N) is 4. The van der Waals surface area contributed by atoms with Crippen LogP contribution >= 0.6 is 0 Å². The Kier molecular flexibility index (Phi) is 12.5. The van der Waals surface area contributed by atoms with Crippen molar-refractivity contribution in [3.63, 3.8) is 0 Å². The number of hydrogen-bond acceptors (Lipinski definition) is 8. The first-order valence-electron chi connectivity index (χ1n) is 17.8. The van der Waals surface area contributed by atoms with E-state index in [2.05, 4.69) is 38.2 Å². The van der Waals surface area contributed by atoms with Gasteiger partial charge in [-0.2, -0.15) is 0 Å². The van der Waals surface area contributed by atoms with Crippen LogP contribution < -0.4 is 26.8 Å². The molecule has 5 atom stereocenters. The number of carbonyl (C=O) groups is 5. The molecule has 0 aliphatic heterocycles. The van der Waals surface area contributed by atoms with Crippen LogP contribution in [0.3, 0.4) is 0 Å². The Balaban J connectivity index is 0.00000364. The van der Waals surface area contributed by atoms with Gasteiger partial charge in [0.15, 0.2) is 0 Å². The number of rotatable bonds is 15. The van der Waals surface area contributed by atoms with E-state index in [1.165, 1.54) is 35.7 Å².